The summed E-state index contributed by atoms with van der Waals surface area (Å²) in [6, 6.07) is 5.19. The van der Waals surface area contributed by atoms with Crippen molar-refractivity contribution in [2.24, 2.45) is 14.1 Å². The number of nitrogens with one attached hydrogen (secondary N) is 1. The number of hydrogen-bond acceptors (Lipinski definition) is 5. The summed E-state index contributed by atoms with van der Waals surface area (Å²) in [5.74, 6) is 0.415. The SMILES string of the molecule is Cc1nn(C)cc1[C@H](C)NC(=O)c1cc(-c2ccco2)nc2c1c(C)nn2C. The molecule has 28 heavy (non-hydrogen) atoms. The highest BCUT2D eigenvalue weighted by Crippen LogP contribution is 2.27. The second kappa shape index (κ2) is 6.63. The van der Waals surface area contributed by atoms with Gasteiger partial charge in [-0.25, -0.2) is 4.98 Å². The van der Waals surface area contributed by atoms with Crippen LogP contribution in [0.5, 0.6) is 0 Å². The number of aryl methyl sites for hydroxylation is 4. The van der Waals surface area contributed by atoms with Crippen LogP contribution in [0.25, 0.3) is 22.5 Å². The van der Waals surface area contributed by atoms with Crippen molar-refractivity contribution in [3.05, 3.63) is 53.2 Å². The van der Waals surface area contributed by atoms with Crippen LogP contribution < -0.4 is 5.32 Å². The molecule has 0 bridgehead atoms. The fourth-order valence-corrected chi connectivity index (χ4v) is 3.57. The van der Waals surface area contributed by atoms with Crippen molar-refractivity contribution >= 4 is 16.9 Å². The second-order valence-corrected chi connectivity index (χ2v) is 6.98. The molecule has 4 aromatic heterocycles. The van der Waals surface area contributed by atoms with Crippen LogP contribution in [0, 0.1) is 13.8 Å². The minimum atomic E-state index is -0.188. The van der Waals surface area contributed by atoms with Crippen LogP contribution in [0.2, 0.25) is 0 Å². The van der Waals surface area contributed by atoms with Gasteiger partial charge in [-0.05, 0) is 39.0 Å². The van der Waals surface area contributed by atoms with Crippen molar-refractivity contribution in [1.29, 1.82) is 0 Å². The Morgan fingerprint density at radius 1 is 1.21 bits per heavy atom. The van der Waals surface area contributed by atoms with Crippen LogP contribution in [0.4, 0.5) is 0 Å². The summed E-state index contributed by atoms with van der Waals surface area (Å²) in [4.78, 5) is 17.9. The number of aromatic nitrogens is 5. The lowest BCUT2D eigenvalue weighted by atomic mass is 10.1. The number of amides is 1. The second-order valence-electron chi connectivity index (χ2n) is 6.98. The number of nitrogens with zero attached hydrogens (tertiary/aromatic N) is 5. The maximum absolute atomic E-state index is 13.2. The fraction of sp³-hybridized carbons (Fsp3) is 0.300. The lowest BCUT2D eigenvalue weighted by Crippen LogP contribution is -2.27. The lowest BCUT2D eigenvalue weighted by Gasteiger charge is -2.14. The predicted octanol–water partition coefficient (Wildman–Crippen LogP) is 3.07. The first kappa shape index (κ1) is 18.0. The van der Waals surface area contributed by atoms with Gasteiger partial charge in [0.2, 0.25) is 0 Å². The molecule has 4 heterocycles. The van der Waals surface area contributed by atoms with Crippen LogP contribution in [-0.2, 0) is 14.1 Å². The van der Waals surface area contributed by atoms with E-state index in [1.165, 1.54) is 0 Å². The summed E-state index contributed by atoms with van der Waals surface area (Å²) < 4.78 is 8.92. The zero-order valence-corrected chi connectivity index (χ0v) is 16.5. The molecule has 0 radical (unpaired) electrons. The molecule has 8 nitrogen and oxygen atoms in total. The third-order valence-electron chi connectivity index (χ3n) is 4.85. The van der Waals surface area contributed by atoms with Gasteiger partial charge in [-0.2, -0.15) is 10.2 Å². The number of fused-ring (bicyclic) bond motifs is 1. The van der Waals surface area contributed by atoms with Gasteiger partial charge in [-0.1, -0.05) is 0 Å². The highest BCUT2D eigenvalue weighted by atomic mass is 16.3. The monoisotopic (exact) mass is 378 g/mol. The van der Waals surface area contributed by atoms with Gasteiger partial charge in [0.1, 0.15) is 5.69 Å². The van der Waals surface area contributed by atoms with Gasteiger partial charge < -0.3 is 9.73 Å². The molecule has 4 rings (SSSR count). The molecule has 0 aliphatic carbocycles. The Hall–Kier alpha value is -3.42. The summed E-state index contributed by atoms with van der Waals surface area (Å²) in [7, 11) is 3.68. The summed E-state index contributed by atoms with van der Waals surface area (Å²) >= 11 is 0. The minimum Gasteiger partial charge on any atom is -0.463 e. The molecule has 0 saturated heterocycles. The third kappa shape index (κ3) is 2.96. The first-order valence-corrected chi connectivity index (χ1v) is 9.04. The first-order chi connectivity index (χ1) is 13.3. The Morgan fingerprint density at radius 2 is 2.00 bits per heavy atom. The van der Waals surface area contributed by atoms with E-state index in [0.29, 0.717) is 22.7 Å². The first-order valence-electron chi connectivity index (χ1n) is 9.04. The van der Waals surface area contributed by atoms with Crippen molar-refractivity contribution in [2.45, 2.75) is 26.8 Å². The molecule has 144 valence electrons. The Bertz CT molecular complexity index is 1170. The van der Waals surface area contributed by atoms with E-state index in [-0.39, 0.29) is 11.9 Å². The summed E-state index contributed by atoms with van der Waals surface area (Å²) in [6.07, 6.45) is 3.51. The maximum Gasteiger partial charge on any atom is 0.252 e. The van der Waals surface area contributed by atoms with Crippen molar-refractivity contribution in [3.8, 4) is 11.5 Å². The Labute approximate surface area is 162 Å². The van der Waals surface area contributed by atoms with E-state index in [1.807, 2.05) is 47.1 Å². The molecule has 1 amide bonds. The Balaban J connectivity index is 1.78. The summed E-state index contributed by atoms with van der Waals surface area (Å²) in [5, 5.41) is 12.6. The number of furan rings is 1. The zero-order chi connectivity index (χ0) is 20.0. The average Bonchev–Trinajstić information content (AvgIpc) is 3.35. The van der Waals surface area contributed by atoms with E-state index < -0.39 is 0 Å². The highest BCUT2D eigenvalue weighted by molar-refractivity contribution is 6.07. The molecule has 0 spiro atoms. The van der Waals surface area contributed by atoms with Gasteiger partial charge >= 0.3 is 0 Å². The van der Waals surface area contributed by atoms with Crippen molar-refractivity contribution < 1.29 is 9.21 Å². The number of carbonyl (C=O) groups excluding carboxylic acids is 1. The van der Waals surface area contributed by atoms with Gasteiger partial charge in [0.15, 0.2) is 11.4 Å². The van der Waals surface area contributed by atoms with Crippen molar-refractivity contribution in [3.63, 3.8) is 0 Å². The van der Waals surface area contributed by atoms with E-state index in [2.05, 4.69) is 20.5 Å². The third-order valence-corrected chi connectivity index (χ3v) is 4.85. The molecule has 0 aromatic carbocycles. The average molecular weight is 378 g/mol. The van der Waals surface area contributed by atoms with Crippen LogP contribution in [0.1, 0.15) is 40.3 Å². The largest absolute Gasteiger partial charge is 0.463 e. The number of pyridine rings is 1. The smallest absolute Gasteiger partial charge is 0.252 e. The Morgan fingerprint density at radius 3 is 2.64 bits per heavy atom. The van der Waals surface area contributed by atoms with Crippen LogP contribution in [0.3, 0.4) is 0 Å². The van der Waals surface area contributed by atoms with Crippen LogP contribution >= 0.6 is 0 Å². The number of rotatable bonds is 4. The van der Waals surface area contributed by atoms with Gasteiger partial charge in [0.05, 0.1) is 34.6 Å². The van der Waals surface area contributed by atoms with Gasteiger partial charge in [-0.15, -0.1) is 0 Å². The van der Waals surface area contributed by atoms with Crippen molar-refractivity contribution in [1.82, 2.24) is 29.9 Å². The summed E-state index contributed by atoms with van der Waals surface area (Å²) in [5.41, 5.74) is 4.39. The molecule has 8 heteroatoms. The predicted molar refractivity (Wildman–Crippen MR) is 105 cm³/mol. The number of carbonyl (C=O) groups is 1. The van der Waals surface area contributed by atoms with Crippen molar-refractivity contribution in [2.75, 3.05) is 0 Å². The van der Waals surface area contributed by atoms with Gasteiger partial charge in [0.25, 0.3) is 5.91 Å². The molecule has 0 saturated carbocycles. The lowest BCUT2D eigenvalue weighted by molar-refractivity contribution is 0.0941. The molecular weight excluding hydrogens is 356 g/mol. The molecule has 1 atom stereocenters. The van der Waals surface area contributed by atoms with E-state index >= 15 is 0 Å². The molecule has 1 N–H and O–H groups in total. The fourth-order valence-electron chi connectivity index (χ4n) is 3.57. The molecule has 0 aliphatic heterocycles. The molecule has 4 aromatic rings. The van der Waals surface area contributed by atoms with E-state index in [9.17, 15) is 4.79 Å². The van der Waals surface area contributed by atoms with E-state index in [1.54, 1.807) is 27.8 Å². The quantitative estimate of drug-likeness (QED) is 0.589. The summed E-state index contributed by atoms with van der Waals surface area (Å²) in [6.45, 7) is 5.76. The Kier molecular flexibility index (Phi) is 4.26. The van der Waals surface area contributed by atoms with E-state index in [4.69, 9.17) is 4.42 Å². The minimum absolute atomic E-state index is 0.187. The standard InChI is InChI=1S/C20H22N6O2/c1-11(15-10-25(4)23-12(15)2)21-20(27)14-9-16(17-7-6-8-28-17)22-19-18(14)13(3)24-26(19)5/h6-11H,1-5H3,(H,21,27)/t11-/m0/s1. The zero-order valence-electron chi connectivity index (χ0n) is 16.5. The topological polar surface area (TPSA) is 90.8 Å². The molecule has 0 aliphatic rings. The van der Waals surface area contributed by atoms with Gasteiger partial charge in [0, 0.05) is 25.9 Å². The van der Waals surface area contributed by atoms with Crippen LogP contribution in [-0.4, -0.2) is 30.5 Å². The van der Waals surface area contributed by atoms with Gasteiger partial charge in [-0.3, -0.25) is 14.2 Å². The highest BCUT2D eigenvalue weighted by Gasteiger charge is 2.22. The molecular formula is C20H22N6O2. The molecule has 0 unspecified atom stereocenters. The number of hydrogen-bond donors (Lipinski definition) is 1. The van der Waals surface area contributed by atoms with Crippen LogP contribution in [0.15, 0.2) is 35.1 Å². The molecule has 0 fully saturated rings. The van der Waals surface area contributed by atoms with E-state index in [0.717, 1.165) is 22.3 Å². The maximum atomic E-state index is 13.2. The normalized spacial score (nSPS) is 12.5.